The second-order valence-corrected chi connectivity index (χ2v) is 7.31. The summed E-state index contributed by atoms with van der Waals surface area (Å²) in [5, 5.41) is 11.0. The molecule has 12 heteroatoms. The normalized spacial score (nSPS) is 22.6. The summed E-state index contributed by atoms with van der Waals surface area (Å²) in [6.07, 6.45) is 0.0811. The molecule has 0 spiro atoms. The summed E-state index contributed by atoms with van der Waals surface area (Å²) >= 11 is 0. The number of carboxylic acids is 1. The van der Waals surface area contributed by atoms with Crippen LogP contribution in [-0.4, -0.2) is 69.6 Å². The molecule has 1 aliphatic heterocycles. The van der Waals surface area contributed by atoms with Crippen LogP contribution < -0.4 is 0 Å². The molecule has 0 unspecified atom stereocenters. The lowest BCUT2D eigenvalue weighted by Gasteiger charge is -2.38. The largest absolute Gasteiger partial charge is 0.490 e. The minimum absolute atomic E-state index is 0.00666. The second-order valence-electron chi connectivity index (χ2n) is 7.31. The summed E-state index contributed by atoms with van der Waals surface area (Å²) in [6, 6.07) is 5.59. The fourth-order valence-electron chi connectivity index (χ4n) is 3.64. The van der Waals surface area contributed by atoms with Crippen molar-refractivity contribution in [3.63, 3.8) is 0 Å². The molecule has 2 aromatic rings. The summed E-state index contributed by atoms with van der Waals surface area (Å²) in [6.45, 7) is 3.39. The monoisotopic (exact) mass is 457 g/mol. The number of aromatic nitrogens is 2. The van der Waals surface area contributed by atoms with Crippen LogP contribution in [0.3, 0.4) is 0 Å². The Kier molecular flexibility index (Phi) is 7.46. The van der Waals surface area contributed by atoms with Gasteiger partial charge in [-0.2, -0.15) is 13.2 Å². The molecule has 3 atom stereocenters. The van der Waals surface area contributed by atoms with Gasteiger partial charge in [0, 0.05) is 25.0 Å². The van der Waals surface area contributed by atoms with Crippen molar-refractivity contribution in [3.8, 4) is 0 Å². The van der Waals surface area contributed by atoms with Crippen LogP contribution in [0.2, 0.25) is 0 Å². The zero-order chi connectivity index (χ0) is 23.3. The van der Waals surface area contributed by atoms with Gasteiger partial charge in [-0.05, 0) is 37.5 Å². The van der Waals surface area contributed by atoms with Gasteiger partial charge in [0.1, 0.15) is 11.9 Å². The van der Waals surface area contributed by atoms with Gasteiger partial charge < -0.3 is 24.0 Å². The average Bonchev–Trinajstić information content (AvgIpc) is 3.38. The number of carbonyl (C=O) groups excluding carboxylic acids is 1. The van der Waals surface area contributed by atoms with E-state index in [0.717, 1.165) is 18.4 Å². The molecule has 0 bridgehead atoms. The summed E-state index contributed by atoms with van der Waals surface area (Å²) in [5.74, 6) is -2.21. The third-order valence-electron chi connectivity index (χ3n) is 5.10. The number of morpholine rings is 1. The van der Waals surface area contributed by atoms with Crippen LogP contribution in [0.1, 0.15) is 34.7 Å². The number of hydrogen-bond acceptors (Lipinski definition) is 7. The van der Waals surface area contributed by atoms with Gasteiger partial charge in [0.05, 0.1) is 25.4 Å². The molecule has 2 fully saturated rings. The number of nitrogens with zero attached hydrogens (tertiary/aromatic N) is 3. The van der Waals surface area contributed by atoms with Crippen LogP contribution in [0, 0.1) is 6.92 Å². The van der Waals surface area contributed by atoms with Crippen LogP contribution in [0.25, 0.3) is 0 Å². The Morgan fingerprint density at radius 2 is 1.97 bits per heavy atom. The van der Waals surface area contributed by atoms with E-state index in [0.29, 0.717) is 31.2 Å². The van der Waals surface area contributed by atoms with Crippen LogP contribution in [-0.2, 0) is 20.9 Å². The van der Waals surface area contributed by atoms with Gasteiger partial charge in [-0.15, -0.1) is 0 Å². The van der Waals surface area contributed by atoms with E-state index in [2.05, 4.69) is 10.1 Å². The molecule has 1 aliphatic carbocycles. The molecule has 1 amide bonds. The van der Waals surface area contributed by atoms with E-state index in [4.69, 9.17) is 23.9 Å². The third kappa shape index (κ3) is 5.82. The molecule has 0 aromatic carbocycles. The first kappa shape index (κ1) is 23.7. The molecule has 2 aromatic heterocycles. The van der Waals surface area contributed by atoms with E-state index in [-0.39, 0.29) is 24.2 Å². The molecule has 3 heterocycles. The van der Waals surface area contributed by atoms with Crippen LogP contribution in [0.15, 0.2) is 35.1 Å². The highest BCUT2D eigenvalue weighted by molar-refractivity contribution is 5.92. The number of pyridine rings is 1. The molecule has 9 nitrogen and oxygen atoms in total. The van der Waals surface area contributed by atoms with Gasteiger partial charge in [-0.3, -0.25) is 9.78 Å². The molecule has 0 radical (unpaired) electrons. The van der Waals surface area contributed by atoms with E-state index in [1.165, 1.54) is 0 Å². The molecule has 1 N–H and O–H groups in total. The minimum Gasteiger partial charge on any atom is -0.475 e. The van der Waals surface area contributed by atoms with Crippen molar-refractivity contribution in [2.75, 3.05) is 13.2 Å². The van der Waals surface area contributed by atoms with Crippen molar-refractivity contribution in [2.24, 2.45) is 0 Å². The number of halogens is 3. The smallest absolute Gasteiger partial charge is 0.475 e. The first-order chi connectivity index (χ1) is 15.2. The first-order valence-electron chi connectivity index (χ1n) is 9.83. The Hall–Kier alpha value is -2.99. The predicted molar refractivity (Wildman–Crippen MR) is 102 cm³/mol. The molecule has 4 rings (SSSR count). The number of aliphatic carboxylic acids is 1. The third-order valence-corrected chi connectivity index (χ3v) is 5.10. The highest BCUT2D eigenvalue weighted by Crippen LogP contribution is 2.33. The van der Waals surface area contributed by atoms with Crippen LogP contribution >= 0.6 is 0 Å². The number of ether oxygens (including phenoxy) is 2. The van der Waals surface area contributed by atoms with Crippen LogP contribution in [0.5, 0.6) is 0 Å². The first-order valence-corrected chi connectivity index (χ1v) is 9.83. The maximum absolute atomic E-state index is 12.7. The Bertz CT molecular complexity index is 921. The lowest BCUT2D eigenvalue weighted by Crippen LogP contribution is -2.53. The number of hydrogen-bond donors (Lipinski definition) is 1. The Morgan fingerprint density at radius 1 is 1.28 bits per heavy atom. The summed E-state index contributed by atoms with van der Waals surface area (Å²) in [5.41, 5.74) is 1.44. The number of alkyl halides is 3. The van der Waals surface area contributed by atoms with Gasteiger partial charge in [-0.1, -0.05) is 5.16 Å². The minimum atomic E-state index is -5.08. The Labute approximate surface area is 181 Å². The molecule has 1 saturated heterocycles. The lowest BCUT2D eigenvalue weighted by atomic mass is 10.1. The van der Waals surface area contributed by atoms with Gasteiger partial charge in [0.2, 0.25) is 0 Å². The number of aryl methyl sites for hydroxylation is 1. The maximum atomic E-state index is 12.7. The van der Waals surface area contributed by atoms with E-state index in [1.807, 2.05) is 17.0 Å². The Balaban J connectivity index is 0.000000360. The summed E-state index contributed by atoms with van der Waals surface area (Å²) in [4.78, 5) is 27.5. The molecular formula is C20H22F3N3O6. The number of amides is 1. The van der Waals surface area contributed by atoms with Gasteiger partial charge in [-0.25, -0.2) is 4.79 Å². The Morgan fingerprint density at radius 3 is 2.56 bits per heavy atom. The fourth-order valence-corrected chi connectivity index (χ4v) is 3.64. The zero-order valence-corrected chi connectivity index (χ0v) is 17.1. The second kappa shape index (κ2) is 10.1. The summed E-state index contributed by atoms with van der Waals surface area (Å²) in [7, 11) is 0. The highest BCUT2D eigenvalue weighted by atomic mass is 19.4. The van der Waals surface area contributed by atoms with Gasteiger partial charge >= 0.3 is 12.1 Å². The van der Waals surface area contributed by atoms with Crippen molar-refractivity contribution in [1.82, 2.24) is 15.0 Å². The maximum Gasteiger partial charge on any atom is 0.490 e. The molecule has 1 saturated carbocycles. The number of carbonyl (C=O) groups is 2. The molecule has 2 aliphatic rings. The average molecular weight is 457 g/mol. The van der Waals surface area contributed by atoms with Crippen molar-refractivity contribution >= 4 is 11.9 Å². The number of fused-ring (bicyclic) bond motifs is 1. The standard InChI is InChI=1S/C18H21N3O4.C2HF3O2/c1-12-10-14(20-25-12)18(22)21-8-9-23-17-15(21)2-3-16(17)24-11-13-4-6-19-7-5-13;3-2(4,5)1(6)7/h4-7,10,15-17H,2-3,8-9,11H2,1H3;(H,6,7)/t15-,16+,17+;/m0./s1. The quantitative estimate of drug-likeness (QED) is 0.745. The molecule has 32 heavy (non-hydrogen) atoms. The van der Waals surface area contributed by atoms with Gasteiger partial charge in [0.25, 0.3) is 5.91 Å². The highest BCUT2D eigenvalue weighted by Gasteiger charge is 2.45. The topological polar surface area (TPSA) is 115 Å². The SMILES string of the molecule is Cc1cc(C(=O)N2CCO[C@H]3[C@H](OCc4ccncc4)CC[C@@H]32)no1.O=C(O)C(F)(F)F. The zero-order valence-electron chi connectivity index (χ0n) is 17.1. The van der Waals surface area contributed by atoms with Crippen molar-refractivity contribution in [2.45, 2.75) is 50.8 Å². The van der Waals surface area contributed by atoms with Crippen LogP contribution in [0.4, 0.5) is 13.2 Å². The summed E-state index contributed by atoms with van der Waals surface area (Å²) < 4.78 is 48.8. The number of rotatable bonds is 4. The molecule has 174 valence electrons. The van der Waals surface area contributed by atoms with E-state index in [1.54, 1.807) is 25.4 Å². The van der Waals surface area contributed by atoms with Crippen molar-refractivity contribution < 1.29 is 41.9 Å². The van der Waals surface area contributed by atoms with Gasteiger partial charge in [0.15, 0.2) is 5.69 Å². The van der Waals surface area contributed by atoms with Crippen molar-refractivity contribution in [1.29, 1.82) is 0 Å². The lowest BCUT2D eigenvalue weighted by molar-refractivity contribution is -0.192. The van der Waals surface area contributed by atoms with E-state index < -0.39 is 12.1 Å². The fraction of sp³-hybridized carbons (Fsp3) is 0.500. The molecular weight excluding hydrogens is 435 g/mol. The van der Waals surface area contributed by atoms with E-state index >= 15 is 0 Å². The van der Waals surface area contributed by atoms with Crippen molar-refractivity contribution in [3.05, 3.63) is 47.6 Å². The predicted octanol–water partition coefficient (Wildman–Crippen LogP) is 2.60. The van der Waals surface area contributed by atoms with E-state index in [9.17, 15) is 18.0 Å². The number of carboxylic acid groups (broad SMARTS) is 1.